The Balaban J connectivity index is 1.14. The molecule has 0 saturated heterocycles. The fraction of sp³-hybridized carbons (Fsp3) is 0.545. The van der Waals surface area contributed by atoms with Crippen LogP contribution in [0.1, 0.15) is 102 Å². The minimum atomic E-state index is -0.737. The third-order valence-electron chi connectivity index (χ3n) is 14.1. The number of hydrogen-bond donors (Lipinski definition) is 0. The standard InChI is InChI=1S/C44H54O4/c1-30(20-23-40(46)47-4)36-21-22-37-41-38(25-27-43(36,37)3)42(2)26-24-35(28-34(42)29-39(41)45)48-44(31-14-8-5-9-15-31,32-16-10-6-11-17-32)33-18-12-7-13-19-33/h5-19,30,34-38,41H,20-29H2,1-4H3/t30-,34+,35-,36-,37+,38+,41+,42+,43-/m1/s1. The zero-order chi connectivity index (χ0) is 33.5. The van der Waals surface area contributed by atoms with E-state index < -0.39 is 5.60 Å². The molecule has 0 N–H and O–H groups in total. The summed E-state index contributed by atoms with van der Waals surface area (Å²) >= 11 is 0. The van der Waals surface area contributed by atoms with Crippen LogP contribution in [-0.4, -0.2) is 25.0 Å². The van der Waals surface area contributed by atoms with E-state index in [0.29, 0.717) is 48.2 Å². The van der Waals surface area contributed by atoms with Crippen LogP contribution in [0.15, 0.2) is 91.0 Å². The fourth-order valence-corrected chi connectivity index (χ4v) is 11.6. The van der Waals surface area contributed by atoms with Crippen LogP contribution in [0.3, 0.4) is 0 Å². The van der Waals surface area contributed by atoms with Gasteiger partial charge in [-0.25, -0.2) is 0 Å². The van der Waals surface area contributed by atoms with Crippen LogP contribution >= 0.6 is 0 Å². The number of esters is 1. The maximum atomic E-state index is 14.4. The Labute approximate surface area is 288 Å². The molecule has 4 heteroatoms. The highest BCUT2D eigenvalue weighted by Gasteiger charge is 2.63. The molecule has 9 atom stereocenters. The maximum Gasteiger partial charge on any atom is 0.305 e. The van der Waals surface area contributed by atoms with E-state index in [1.54, 1.807) is 0 Å². The van der Waals surface area contributed by atoms with Crippen molar-refractivity contribution in [2.45, 2.75) is 96.7 Å². The van der Waals surface area contributed by atoms with Gasteiger partial charge in [-0.3, -0.25) is 9.59 Å². The van der Waals surface area contributed by atoms with Gasteiger partial charge in [-0.1, -0.05) is 112 Å². The Hall–Kier alpha value is -3.24. The average Bonchev–Trinajstić information content (AvgIpc) is 3.48. The minimum absolute atomic E-state index is 0.0495. The van der Waals surface area contributed by atoms with Crippen LogP contribution in [-0.2, 0) is 24.7 Å². The van der Waals surface area contributed by atoms with Crippen molar-refractivity contribution in [1.29, 1.82) is 0 Å². The van der Waals surface area contributed by atoms with Crippen LogP contribution in [0.2, 0.25) is 0 Å². The molecule has 48 heavy (non-hydrogen) atoms. The van der Waals surface area contributed by atoms with E-state index in [0.717, 1.165) is 55.2 Å². The highest BCUT2D eigenvalue weighted by Crippen LogP contribution is 2.68. The van der Waals surface area contributed by atoms with E-state index in [4.69, 9.17) is 9.47 Å². The molecule has 0 radical (unpaired) electrons. The van der Waals surface area contributed by atoms with Crippen molar-refractivity contribution in [2.75, 3.05) is 7.11 Å². The first-order valence-corrected chi connectivity index (χ1v) is 18.6. The van der Waals surface area contributed by atoms with Gasteiger partial charge in [0.2, 0.25) is 0 Å². The zero-order valence-electron chi connectivity index (χ0n) is 29.4. The summed E-state index contributed by atoms with van der Waals surface area (Å²) in [6.07, 6.45) is 9.80. The second-order valence-electron chi connectivity index (χ2n) is 16.2. The first kappa shape index (κ1) is 33.3. The van der Waals surface area contributed by atoms with E-state index >= 15 is 0 Å². The van der Waals surface area contributed by atoms with E-state index in [1.165, 1.54) is 20.0 Å². The molecule has 0 unspecified atom stereocenters. The topological polar surface area (TPSA) is 52.6 Å². The summed E-state index contributed by atoms with van der Waals surface area (Å²) in [4.78, 5) is 26.3. The molecular weight excluding hydrogens is 592 g/mol. The summed E-state index contributed by atoms with van der Waals surface area (Å²) in [5.74, 6) is 2.86. The van der Waals surface area contributed by atoms with E-state index in [-0.39, 0.29) is 28.8 Å². The molecule has 4 nitrogen and oxygen atoms in total. The number of Topliss-reactive ketones (excluding diaryl/α,β-unsaturated/α-hetero) is 1. The van der Waals surface area contributed by atoms with Gasteiger partial charge in [0.15, 0.2) is 0 Å². The van der Waals surface area contributed by atoms with Crippen LogP contribution in [0.5, 0.6) is 0 Å². The largest absolute Gasteiger partial charge is 0.469 e. The molecule has 3 aromatic carbocycles. The Kier molecular flexibility index (Phi) is 9.17. The van der Waals surface area contributed by atoms with E-state index in [2.05, 4.69) is 112 Å². The number of benzene rings is 3. The van der Waals surface area contributed by atoms with Crippen molar-refractivity contribution in [3.8, 4) is 0 Å². The molecule has 4 saturated carbocycles. The van der Waals surface area contributed by atoms with Crippen LogP contribution in [0, 0.1) is 46.3 Å². The summed E-state index contributed by atoms with van der Waals surface area (Å²) in [5.41, 5.74) is 3.01. The SMILES string of the molecule is COC(=O)CC[C@@H](C)[C@H]1CC[C@H]2[C@@H]3C(=O)C[C@@H]4C[C@H](OC(c5ccccc5)(c5ccccc5)c5ccccc5)CC[C@]4(C)[C@H]3CC[C@]12C. The highest BCUT2D eigenvalue weighted by molar-refractivity contribution is 5.83. The smallest absolute Gasteiger partial charge is 0.305 e. The van der Waals surface area contributed by atoms with Crippen LogP contribution in [0.25, 0.3) is 0 Å². The van der Waals surface area contributed by atoms with Gasteiger partial charge in [0, 0.05) is 18.8 Å². The summed E-state index contributed by atoms with van der Waals surface area (Å²) in [7, 11) is 1.48. The number of ketones is 1. The predicted molar refractivity (Wildman–Crippen MR) is 190 cm³/mol. The molecule has 3 aromatic rings. The number of carbonyl (C=O) groups excluding carboxylic acids is 2. The fourth-order valence-electron chi connectivity index (χ4n) is 11.6. The van der Waals surface area contributed by atoms with Crippen molar-refractivity contribution < 1.29 is 19.1 Å². The third-order valence-corrected chi connectivity index (χ3v) is 14.1. The monoisotopic (exact) mass is 646 g/mol. The first-order chi connectivity index (χ1) is 23.2. The number of hydrogen-bond acceptors (Lipinski definition) is 4. The number of ether oxygens (including phenoxy) is 2. The van der Waals surface area contributed by atoms with Crippen LogP contribution in [0.4, 0.5) is 0 Å². The number of carbonyl (C=O) groups is 2. The zero-order valence-corrected chi connectivity index (χ0v) is 29.4. The lowest BCUT2D eigenvalue weighted by Gasteiger charge is -2.60. The summed E-state index contributed by atoms with van der Waals surface area (Å²) in [6, 6.07) is 32.1. The molecular formula is C44H54O4. The molecule has 254 valence electrons. The normalized spacial score (nSPS) is 33.6. The second-order valence-corrected chi connectivity index (χ2v) is 16.2. The number of rotatable bonds is 9. The summed E-state index contributed by atoms with van der Waals surface area (Å²) < 4.78 is 12.5. The first-order valence-electron chi connectivity index (χ1n) is 18.6. The number of methoxy groups -OCH3 is 1. The lowest BCUT2D eigenvalue weighted by atomic mass is 9.44. The quantitative estimate of drug-likeness (QED) is 0.172. The van der Waals surface area contributed by atoms with Crippen molar-refractivity contribution in [1.82, 2.24) is 0 Å². The van der Waals surface area contributed by atoms with Gasteiger partial charge in [0.25, 0.3) is 0 Å². The van der Waals surface area contributed by atoms with E-state index in [1.807, 2.05) is 0 Å². The van der Waals surface area contributed by atoms with Gasteiger partial charge in [-0.2, -0.15) is 0 Å². The lowest BCUT2D eigenvalue weighted by Crippen LogP contribution is -2.58. The van der Waals surface area contributed by atoms with Gasteiger partial charge >= 0.3 is 5.97 Å². The van der Waals surface area contributed by atoms with Gasteiger partial charge in [-0.15, -0.1) is 0 Å². The summed E-state index contributed by atoms with van der Waals surface area (Å²) in [5, 5.41) is 0. The lowest BCUT2D eigenvalue weighted by molar-refractivity contribution is -0.168. The van der Waals surface area contributed by atoms with Crippen molar-refractivity contribution in [2.24, 2.45) is 46.3 Å². The Morgan fingerprint density at radius 3 is 1.90 bits per heavy atom. The number of fused-ring (bicyclic) bond motifs is 5. The molecule has 0 aromatic heterocycles. The average molecular weight is 647 g/mol. The van der Waals surface area contributed by atoms with Gasteiger partial charge in [-0.05, 0) is 108 Å². The molecule has 4 fully saturated rings. The molecule has 0 heterocycles. The summed E-state index contributed by atoms with van der Waals surface area (Å²) in [6.45, 7) is 7.35. The van der Waals surface area contributed by atoms with Gasteiger partial charge < -0.3 is 9.47 Å². The molecule has 0 amide bonds. The molecule has 4 aliphatic rings. The molecule has 0 spiro atoms. The van der Waals surface area contributed by atoms with Crippen molar-refractivity contribution >= 4 is 11.8 Å². The Morgan fingerprint density at radius 1 is 0.792 bits per heavy atom. The molecule has 0 aliphatic heterocycles. The minimum Gasteiger partial charge on any atom is -0.469 e. The highest BCUT2D eigenvalue weighted by atomic mass is 16.5. The van der Waals surface area contributed by atoms with Crippen LogP contribution < -0.4 is 0 Å². The molecule has 4 aliphatic carbocycles. The van der Waals surface area contributed by atoms with Gasteiger partial charge in [0.1, 0.15) is 11.4 Å². The second kappa shape index (κ2) is 13.2. The molecule has 0 bridgehead atoms. The van der Waals surface area contributed by atoms with Gasteiger partial charge in [0.05, 0.1) is 13.2 Å². The predicted octanol–water partition coefficient (Wildman–Crippen LogP) is 9.79. The molecule has 7 rings (SSSR count). The van der Waals surface area contributed by atoms with E-state index in [9.17, 15) is 9.59 Å². The Bertz CT molecular complexity index is 1470. The van der Waals surface area contributed by atoms with Crippen molar-refractivity contribution in [3.05, 3.63) is 108 Å². The Morgan fingerprint density at radius 2 is 1.33 bits per heavy atom. The third kappa shape index (κ3) is 5.56. The van der Waals surface area contributed by atoms with Crippen molar-refractivity contribution in [3.63, 3.8) is 0 Å². The maximum absolute atomic E-state index is 14.4.